The van der Waals surface area contributed by atoms with Crippen LogP contribution in [0.3, 0.4) is 0 Å². The van der Waals surface area contributed by atoms with E-state index in [0.717, 1.165) is 32.3 Å². The summed E-state index contributed by atoms with van der Waals surface area (Å²) in [6.45, 7) is 6.00. The van der Waals surface area contributed by atoms with Gasteiger partial charge in [0.1, 0.15) is 0 Å². The van der Waals surface area contributed by atoms with E-state index in [4.69, 9.17) is 5.73 Å². The number of nitrogens with two attached hydrogens (primary N) is 1. The summed E-state index contributed by atoms with van der Waals surface area (Å²) in [7, 11) is 0. The van der Waals surface area contributed by atoms with Gasteiger partial charge in [-0.05, 0) is 68.8 Å². The molecule has 2 aromatic rings. The summed E-state index contributed by atoms with van der Waals surface area (Å²) in [4.78, 5) is 10.1. The summed E-state index contributed by atoms with van der Waals surface area (Å²) in [5, 5.41) is 0.788. The Labute approximate surface area is 132 Å². The number of hydrogen-bond donors (Lipinski definition) is 1. The van der Waals surface area contributed by atoms with Crippen molar-refractivity contribution in [1.29, 1.82) is 0 Å². The van der Waals surface area contributed by atoms with Crippen LogP contribution in [0.2, 0.25) is 0 Å². The zero-order valence-electron chi connectivity index (χ0n) is 11.9. The van der Waals surface area contributed by atoms with E-state index in [1.807, 2.05) is 32.9 Å². The summed E-state index contributed by atoms with van der Waals surface area (Å²) in [6, 6.07) is 8.36. The Kier molecular flexibility index (Phi) is 5.18. The lowest BCUT2D eigenvalue weighted by atomic mass is 10.1. The molecular weight excluding hydrogens is 334 g/mol. The minimum absolute atomic E-state index is 0.129. The molecule has 1 aromatic heterocycles. The van der Waals surface area contributed by atoms with Crippen molar-refractivity contribution in [3.05, 3.63) is 45.7 Å². The third kappa shape index (κ3) is 4.30. The van der Waals surface area contributed by atoms with Crippen LogP contribution in [0.1, 0.15) is 23.9 Å². The largest absolute Gasteiger partial charge is 0.328 e. The topological polar surface area (TPSA) is 51.8 Å². The van der Waals surface area contributed by atoms with Crippen LogP contribution in [0, 0.1) is 13.8 Å². The predicted octanol–water partition coefficient (Wildman–Crippen LogP) is 3.90. The van der Waals surface area contributed by atoms with Gasteiger partial charge in [0, 0.05) is 26.8 Å². The Hall–Kier alpha value is -0.910. The quantitative estimate of drug-likeness (QED) is 0.848. The molecule has 0 amide bonds. The van der Waals surface area contributed by atoms with Crippen molar-refractivity contribution < 1.29 is 0 Å². The molecule has 0 spiro atoms. The maximum atomic E-state index is 5.93. The maximum Gasteiger partial charge on any atom is 0.192 e. The minimum Gasteiger partial charge on any atom is -0.328 e. The van der Waals surface area contributed by atoms with Gasteiger partial charge in [0.05, 0.1) is 0 Å². The van der Waals surface area contributed by atoms with E-state index < -0.39 is 0 Å². The predicted molar refractivity (Wildman–Crippen MR) is 87.1 cm³/mol. The monoisotopic (exact) mass is 351 g/mol. The molecule has 0 saturated heterocycles. The summed E-state index contributed by atoms with van der Waals surface area (Å²) in [5.41, 5.74) is 9.14. The van der Waals surface area contributed by atoms with Crippen LogP contribution >= 0.6 is 27.7 Å². The van der Waals surface area contributed by atoms with E-state index in [-0.39, 0.29) is 6.04 Å². The molecule has 0 radical (unpaired) electrons. The number of aryl methyl sites for hydroxylation is 2. The van der Waals surface area contributed by atoms with Gasteiger partial charge in [0.25, 0.3) is 0 Å². The van der Waals surface area contributed by atoms with E-state index in [2.05, 4.69) is 38.0 Å². The average molecular weight is 352 g/mol. The van der Waals surface area contributed by atoms with E-state index in [0.29, 0.717) is 0 Å². The molecule has 5 heteroatoms. The number of hydrogen-bond acceptors (Lipinski definition) is 4. The van der Waals surface area contributed by atoms with Gasteiger partial charge >= 0.3 is 0 Å². The molecule has 2 rings (SSSR count). The molecule has 2 N–H and O–H groups in total. The normalized spacial score (nSPS) is 12.4. The lowest BCUT2D eigenvalue weighted by Gasteiger charge is -2.11. The van der Waals surface area contributed by atoms with Crippen molar-refractivity contribution in [1.82, 2.24) is 9.97 Å². The maximum absolute atomic E-state index is 5.93. The second-order valence-electron chi connectivity index (χ2n) is 4.97. The number of rotatable bonds is 4. The molecule has 3 nitrogen and oxygen atoms in total. The third-order valence-electron chi connectivity index (χ3n) is 2.73. The molecule has 0 bridgehead atoms. The fourth-order valence-corrected chi connectivity index (χ4v) is 3.39. The number of aromatic nitrogens is 2. The zero-order valence-corrected chi connectivity index (χ0v) is 14.3. The van der Waals surface area contributed by atoms with E-state index in [9.17, 15) is 0 Å². The number of nitrogens with zero attached hydrogens (tertiary/aromatic N) is 2. The van der Waals surface area contributed by atoms with Crippen molar-refractivity contribution in [3.8, 4) is 0 Å². The Bertz CT molecular complexity index is 594. The van der Waals surface area contributed by atoms with Gasteiger partial charge in [-0.1, -0.05) is 15.9 Å². The molecule has 0 aliphatic rings. The highest BCUT2D eigenvalue weighted by Gasteiger charge is 2.10. The molecule has 1 aromatic carbocycles. The third-order valence-corrected chi connectivity index (χ3v) is 4.20. The van der Waals surface area contributed by atoms with Crippen LogP contribution in [0.15, 0.2) is 38.8 Å². The van der Waals surface area contributed by atoms with Crippen molar-refractivity contribution in [3.63, 3.8) is 0 Å². The van der Waals surface area contributed by atoms with Crippen molar-refractivity contribution in [2.24, 2.45) is 5.73 Å². The molecule has 106 valence electrons. The van der Waals surface area contributed by atoms with Crippen LogP contribution in [0.5, 0.6) is 0 Å². The average Bonchev–Trinajstić information content (AvgIpc) is 2.30. The molecule has 1 heterocycles. The number of benzene rings is 1. The molecular formula is C15H18BrN3S. The van der Waals surface area contributed by atoms with Gasteiger partial charge in [-0.15, -0.1) is 0 Å². The Morgan fingerprint density at radius 3 is 2.45 bits per heavy atom. The van der Waals surface area contributed by atoms with Gasteiger partial charge in [-0.25, -0.2) is 9.97 Å². The van der Waals surface area contributed by atoms with Gasteiger partial charge in [-0.2, -0.15) is 0 Å². The molecule has 1 atom stereocenters. The minimum atomic E-state index is 0.129. The standard InChI is InChI=1S/C15H18BrN3S/c1-9(17)6-12-8-13(16)4-5-14(12)20-15-18-10(2)7-11(3)19-15/h4-5,7-9H,6,17H2,1-3H3. The Morgan fingerprint density at radius 1 is 1.20 bits per heavy atom. The van der Waals surface area contributed by atoms with Gasteiger partial charge in [0.2, 0.25) is 0 Å². The second kappa shape index (κ2) is 6.70. The highest BCUT2D eigenvalue weighted by Crippen LogP contribution is 2.31. The first-order valence-electron chi connectivity index (χ1n) is 6.48. The number of halogens is 1. The Balaban J connectivity index is 2.32. The highest BCUT2D eigenvalue weighted by molar-refractivity contribution is 9.10. The van der Waals surface area contributed by atoms with Crippen molar-refractivity contribution in [2.75, 3.05) is 0 Å². The van der Waals surface area contributed by atoms with Gasteiger partial charge in [-0.3, -0.25) is 0 Å². The molecule has 1 unspecified atom stereocenters. The molecule has 0 fully saturated rings. The van der Waals surface area contributed by atoms with Crippen LogP contribution in [0.25, 0.3) is 0 Å². The van der Waals surface area contributed by atoms with E-state index >= 15 is 0 Å². The van der Waals surface area contributed by atoms with Crippen LogP contribution in [0.4, 0.5) is 0 Å². The molecule has 20 heavy (non-hydrogen) atoms. The summed E-state index contributed by atoms with van der Waals surface area (Å²) >= 11 is 5.11. The zero-order chi connectivity index (χ0) is 14.7. The van der Waals surface area contributed by atoms with Crippen molar-refractivity contribution in [2.45, 2.75) is 43.3 Å². The van der Waals surface area contributed by atoms with E-state index in [1.54, 1.807) is 11.8 Å². The fraction of sp³-hybridized carbons (Fsp3) is 0.333. The molecule has 0 saturated carbocycles. The van der Waals surface area contributed by atoms with Crippen LogP contribution in [-0.2, 0) is 6.42 Å². The SMILES string of the molecule is Cc1cc(C)nc(Sc2ccc(Br)cc2CC(C)N)n1. The highest BCUT2D eigenvalue weighted by atomic mass is 79.9. The summed E-state index contributed by atoms with van der Waals surface area (Å²) < 4.78 is 1.07. The fourth-order valence-electron chi connectivity index (χ4n) is 1.99. The second-order valence-corrected chi connectivity index (χ2v) is 6.89. The first-order valence-corrected chi connectivity index (χ1v) is 8.09. The molecule has 0 aliphatic heterocycles. The lowest BCUT2D eigenvalue weighted by Crippen LogP contribution is -2.18. The lowest BCUT2D eigenvalue weighted by molar-refractivity contribution is 0.728. The van der Waals surface area contributed by atoms with Crippen LogP contribution in [-0.4, -0.2) is 16.0 Å². The van der Waals surface area contributed by atoms with Gasteiger partial charge < -0.3 is 5.73 Å². The van der Waals surface area contributed by atoms with E-state index in [1.165, 1.54) is 5.56 Å². The first-order chi connectivity index (χ1) is 9.44. The molecule has 0 aliphatic carbocycles. The van der Waals surface area contributed by atoms with Crippen molar-refractivity contribution >= 4 is 27.7 Å². The van der Waals surface area contributed by atoms with Gasteiger partial charge in [0.15, 0.2) is 5.16 Å². The first kappa shape index (κ1) is 15.5. The summed E-state index contributed by atoms with van der Waals surface area (Å²) in [6.07, 6.45) is 0.840. The van der Waals surface area contributed by atoms with Crippen LogP contribution < -0.4 is 5.73 Å². The Morgan fingerprint density at radius 2 is 1.85 bits per heavy atom. The summed E-state index contributed by atoms with van der Waals surface area (Å²) in [5.74, 6) is 0. The smallest absolute Gasteiger partial charge is 0.192 e.